The molecule has 0 atom stereocenters. The summed E-state index contributed by atoms with van der Waals surface area (Å²) in [6.07, 6.45) is 7.34. The van der Waals surface area contributed by atoms with Gasteiger partial charge in [-0.1, -0.05) is 48.5 Å². The molecule has 3 aromatic heterocycles. The zero-order valence-electron chi connectivity index (χ0n) is 15.4. The topological polar surface area (TPSA) is 58.3 Å². The van der Waals surface area contributed by atoms with Gasteiger partial charge < -0.3 is 4.98 Å². The lowest BCUT2D eigenvalue weighted by Gasteiger charge is -2.03. The maximum Gasteiger partial charge on any atom is 0.211 e. The van der Waals surface area contributed by atoms with E-state index in [1.165, 1.54) is 0 Å². The Morgan fingerprint density at radius 3 is 2.69 bits per heavy atom. The summed E-state index contributed by atoms with van der Waals surface area (Å²) in [5, 5.41) is 8.02. The second-order valence-corrected chi connectivity index (χ2v) is 7.28. The normalized spacial score (nSPS) is 12.2. The van der Waals surface area contributed by atoms with E-state index in [4.69, 9.17) is 10.1 Å². The lowest BCUT2D eigenvalue weighted by Crippen LogP contribution is -2.11. The summed E-state index contributed by atoms with van der Waals surface area (Å²) in [4.78, 5) is 13.0. The number of hydrogen-bond donors (Lipinski definition) is 1. The van der Waals surface area contributed by atoms with Gasteiger partial charge in [-0.3, -0.25) is 4.98 Å². The Labute approximate surface area is 171 Å². The number of thiazole rings is 1. The molecule has 0 aliphatic rings. The summed E-state index contributed by atoms with van der Waals surface area (Å²) in [5.41, 5.74) is 5.00. The summed E-state index contributed by atoms with van der Waals surface area (Å²) < 4.78 is 1.88. The molecule has 5 aromatic rings. The molecule has 0 aliphatic heterocycles. The van der Waals surface area contributed by atoms with Crippen LogP contribution in [0.5, 0.6) is 0 Å². The minimum atomic E-state index is 0.785. The van der Waals surface area contributed by atoms with Crippen LogP contribution in [0.15, 0.2) is 101 Å². The van der Waals surface area contributed by atoms with Crippen molar-refractivity contribution in [1.82, 2.24) is 14.6 Å². The second-order valence-electron chi connectivity index (χ2n) is 6.44. The number of rotatable bonds is 4. The van der Waals surface area contributed by atoms with Gasteiger partial charge in [-0.05, 0) is 18.2 Å². The van der Waals surface area contributed by atoms with Crippen molar-refractivity contribution >= 4 is 34.1 Å². The smallest absolute Gasteiger partial charge is 0.211 e. The third kappa shape index (κ3) is 3.53. The van der Waals surface area contributed by atoms with Gasteiger partial charge in [0.25, 0.3) is 0 Å². The highest BCUT2D eigenvalue weighted by Crippen LogP contribution is 2.21. The first kappa shape index (κ1) is 17.3. The molecule has 0 amide bonds. The van der Waals surface area contributed by atoms with E-state index in [9.17, 15) is 0 Å². The standard InChI is InChI=1S/C23H17N5S/c1-2-7-17(8-3-1)22-16-29-23(27-19-9-6-12-24-15-19)28(22)26-14-18-13-25-21-11-5-4-10-20(18)21/h1-16,25H. The number of fused-ring (bicyclic) bond motifs is 1. The van der Waals surface area contributed by atoms with Crippen molar-refractivity contribution in [2.75, 3.05) is 0 Å². The average Bonchev–Trinajstić information content (AvgIpc) is 3.37. The summed E-state index contributed by atoms with van der Waals surface area (Å²) >= 11 is 1.55. The third-order valence-corrected chi connectivity index (χ3v) is 5.38. The van der Waals surface area contributed by atoms with Crippen LogP contribution in [0.25, 0.3) is 22.2 Å². The van der Waals surface area contributed by atoms with Gasteiger partial charge in [0, 0.05) is 39.8 Å². The fourth-order valence-corrected chi connectivity index (χ4v) is 4.00. The van der Waals surface area contributed by atoms with Crippen molar-refractivity contribution in [3.8, 4) is 11.3 Å². The molecule has 3 heterocycles. The molecule has 29 heavy (non-hydrogen) atoms. The van der Waals surface area contributed by atoms with Crippen molar-refractivity contribution in [3.63, 3.8) is 0 Å². The summed E-state index contributed by atoms with van der Waals surface area (Å²) in [5.74, 6) is 0. The van der Waals surface area contributed by atoms with E-state index in [0.717, 1.165) is 38.2 Å². The van der Waals surface area contributed by atoms with E-state index in [2.05, 4.69) is 39.6 Å². The summed E-state index contributed by atoms with van der Waals surface area (Å²) in [7, 11) is 0. The molecule has 5 nitrogen and oxygen atoms in total. The SMILES string of the molecule is C(=Nn1c(-c2ccccc2)csc1=Nc1cccnc1)c1c[nH]c2ccccc12. The van der Waals surface area contributed by atoms with Gasteiger partial charge in [0.05, 0.1) is 23.8 Å². The molecule has 0 aliphatic carbocycles. The molecule has 0 fully saturated rings. The van der Waals surface area contributed by atoms with Crippen molar-refractivity contribution in [3.05, 3.63) is 101 Å². The Morgan fingerprint density at radius 1 is 0.966 bits per heavy atom. The first-order chi connectivity index (χ1) is 14.4. The molecule has 5 rings (SSSR count). The van der Waals surface area contributed by atoms with Crippen molar-refractivity contribution < 1.29 is 0 Å². The molecule has 140 valence electrons. The van der Waals surface area contributed by atoms with Crippen molar-refractivity contribution in [2.45, 2.75) is 0 Å². The number of H-pyrrole nitrogens is 1. The number of nitrogens with one attached hydrogen (secondary N) is 1. The van der Waals surface area contributed by atoms with E-state index < -0.39 is 0 Å². The van der Waals surface area contributed by atoms with Crippen molar-refractivity contribution in [1.29, 1.82) is 0 Å². The molecular weight excluding hydrogens is 378 g/mol. The van der Waals surface area contributed by atoms with Gasteiger partial charge in [-0.2, -0.15) is 5.10 Å². The Balaban J connectivity index is 1.65. The molecular formula is C23H17N5S. The van der Waals surface area contributed by atoms with Crippen molar-refractivity contribution in [2.24, 2.45) is 10.1 Å². The highest BCUT2D eigenvalue weighted by Gasteiger charge is 2.08. The molecule has 2 aromatic carbocycles. The number of nitrogens with zero attached hydrogens (tertiary/aromatic N) is 4. The van der Waals surface area contributed by atoms with Crippen LogP contribution < -0.4 is 4.80 Å². The fraction of sp³-hybridized carbons (Fsp3) is 0. The van der Waals surface area contributed by atoms with E-state index in [-0.39, 0.29) is 0 Å². The number of aromatic nitrogens is 3. The van der Waals surface area contributed by atoms with Crippen LogP contribution in [0.4, 0.5) is 5.69 Å². The number of para-hydroxylation sites is 1. The van der Waals surface area contributed by atoms with Gasteiger partial charge in [0.1, 0.15) is 0 Å². The third-order valence-electron chi connectivity index (χ3n) is 4.56. The summed E-state index contributed by atoms with van der Waals surface area (Å²) in [6.45, 7) is 0. The van der Waals surface area contributed by atoms with Crippen LogP contribution in [-0.2, 0) is 0 Å². The van der Waals surface area contributed by atoms with E-state index in [1.54, 1.807) is 23.7 Å². The van der Waals surface area contributed by atoms with Crippen LogP contribution >= 0.6 is 11.3 Å². The van der Waals surface area contributed by atoms with Gasteiger partial charge in [-0.25, -0.2) is 9.67 Å². The van der Waals surface area contributed by atoms with Crippen LogP contribution in [0.2, 0.25) is 0 Å². The van der Waals surface area contributed by atoms with Crippen LogP contribution in [0, 0.1) is 0 Å². The highest BCUT2D eigenvalue weighted by atomic mass is 32.1. The minimum Gasteiger partial charge on any atom is -0.361 e. The lowest BCUT2D eigenvalue weighted by molar-refractivity contribution is 0.854. The van der Waals surface area contributed by atoms with Gasteiger partial charge >= 0.3 is 0 Å². The average molecular weight is 395 g/mol. The molecule has 0 saturated heterocycles. The lowest BCUT2D eigenvalue weighted by atomic mass is 10.2. The molecule has 0 unspecified atom stereocenters. The molecule has 0 spiro atoms. The van der Waals surface area contributed by atoms with Gasteiger partial charge in [0.2, 0.25) is 4.80 Å². The minimum absolute atomic E-state index is 0.785. The number of pyridine rings is 1. The van der Waals surface area contributed by atoms with Crippen LogP contribution in [0.1, 0.15) is 5.56 Å². The first-order valence-corrected chi connectivity index (χ1v) is 10.1. The van der Waals surface area contributed by atoms with E-state index >= 15 is 0 Å². The van der Waals surface area contributed by atoms with Crippen LogP contribution in [0.3, 0.4) is 0 Å². The Bertz CT molecular complexity index is 1340. The highest BCUT2D eigenvalue weighted by molar-refractivity contribution is 7.07. The Morgan fingerprint density at radius 2 is 1.83 bits per heavy atom. The maximum absolute atomic E-state index is 4.80. The number of aromatic amines is 1. The Hall–Kier alpha value is -3.77. The van der Waals surface area contributed by atoms with E-state index in [0.29, 0.717) is 0 Å². The fourth-order valence-electron chi connectivity index (χ4n) is 3.15. The maximum atomic E-state index is 4.80. The predicted octanol–water partition coefficient (Wildman–Crippen LogP) is 5.21. The Kier molecular flexibility index (Phi) is 4.60. The predicted molar refractivity (Wildman–Crippen MR) is 118 cm³/mol. The largest absolute Gasteiger partial charge is 0.361 e. The molecule has 6 heteroatoms. The van der Waals surface area contributed by atoms with E-state index in [1.807, 2.05) is 59.6 Å². The molecule has 1 N–H and O–H groups in total. The van der Waals surface area contributed by atoms with Crippen LogP contribution in [-0.4, -0.2) is 20.9 Å². The van der Waals surface area contributed by atoms with Gasteiger partial charge in [0.15, 0.2) is 0 Å². The number of hydrogen-bond acceptors (Lipinski definition) is 4. The first-order valence-electron chi connectivity index (χ1n) is 9.20. The monoisotopic (exact) mass is 395 g/mol. The molecule has 0 saturated carbocycles. The second kappa shape index (κ2) is 7.69. The quantitative estimate of drug-likeness (QED) is 0.417. The zero-order chi connectivity index (χ0) is 19.5. The van der Waals surface area contributed by atoms with Gasteiger partial charge in [-0.15, -0.1) is 11.3 Å². The zero-order valence-corrected chi connectivity index (χ0v) is 16.3. The molecule has 0 bridgehead atoms. The summed E-state index contributed by atoms with van der Waals surface area (Å²) in [6, 6.07) is 22.2. The number of benzene rings is 2. The molecule has 0 radical (unpaired) electrons.